The summed E-state index contributed by atoms with van der Waals surface area (Å²) in [4.78, 5) is 12.4. The highest BCUT2D eigenvalue weighted by Crippen LogP contribution is 2.29. The molecule has 1 aromatic rings. The lowest BCUT2D eigenvalue weighted by Crippen LogP contribution is -2.31. The first-order chi connectivity index (χ1) is 9.10. The monoisotopic (exact) mass is 298 g/mol. The van der Waals surface area contributed by atoms with Gasteiger partial charge in [-0.05, 0) is 18.2 Å². The van der Waals surface area contributed by atoms with Crippen LogP contribution in [0.2, 0.25) is 0 Å². The molecule has 2 N–H and O–H groups in total. The second-order valence-electron chi connectivity index (χ2n) is 3.88. The Labute approximate surface area is 110 Å². The highest BCUT2D eigenvalue weighted by molar-refractivity contribution is 5.95. The Kier molecular flexibility index (Phi) is 4.74. The van der Waals surface area contributed by atoms with Crippen LogP contribution in [-0.2, 0) is 0 Å². The average Bonchev–Trinajstić information content (AvgIpc) is 2.28. The van der Waals surface area contributed by atoms with E-state index in [-0.39, 0.29) is 5.56 Å². The number of nitrogens with two attached hydrogens (primary N) is 1. The van der Waals surface area contributed by atoms with Crippen molar-refractivity contribution in [3.05, 3.63) is 23.8 Å². The van der Waals surface area contributed by atoms with Crippen LogP contribution in [0, 0.1) is 0 Å². The van der Waals surface area contributed by atoms with E-state index in [0.717, 1.165) is 30.1 Å². The Morgan fingerprint density at radius 1 is 1.40 bits per heavy atom. The van der Waals surface area contributed by atoms with Crippen molar-refractivity contribution >= 4 is 11.6 Å². The molecular weight excluding hydrogens is 287 g/mol. The molecule has 0 unspecified atom stereocenters. The minimum atomic E-state index is -4.91. The summed E-state index contributed by atoms with van der Waals surface area (Å²) in [5.74, 6) is -1.44. The first kappa shape index (κ1) is 16.0. The molecule has 0 saturated carbocycles. The Morgan fingerprint density at radius 3 is 2.45 bits per heavy atom. The Bertz CT molecular complexity index is 490. The lowest BCUT2D eigenvalue weighted by atomic mass is 10.1. The topological polar surface area (TPSA) is 55.6 Å². The van der Waals surface area contributed by atoms with E-state index >= 15 is 0 Å². The van der Waals surface area contributed by atoms with Crippen LogP contribution < -0.4 is 10.5 Å². The molecule has 0 radical (unpaired) electrons. The summed E-state index contributed by atoms with van der Waals surface area (Å²) in [6, 6.07) is 2.80. The molecule has 0 heterocycles. The number of carbonyl (C=O) groups excluding carboxylic acids is 1. The van der Waals surface area contributed by atoms with Gasteiger partial charge in [-0.2, -0.15) is 0 Å². The lowest BCUT2D eigenvalue weighted by molar-refractivity contribution is -0.274. The van der Waals surface area contributed by atoms with Gasteiger partial charge in [0.2, 0.25) is 0 Å². The molecule has 0 aliphatic rings. The molecule has 0 bridgehead atoms. The number of ether oxygens (including phenoxy) is 1. The van der Waals surface area contributed by atoms with Gasteiger partial charge in [-0.3, -0.25) is 4.79 Å². The number of benzene rings is 1. The van der Waals surface area contributed by atoms with Crippen molar-refractivity contribution in [1.29, 1.82) is 0 Å². The van der Waals surface area contributed by atoms with Crippen molar-refractivity contribution in [3.8, 4) is 5.75 Å². The molecule has 0 saturated heterocycles. The highest BCUT2D eigenvalue weighted by Gasteiger charge is 2.32. The maximum Gasteiger partial charge on any atom is 0.573 e. The first-order valence-corrected chi connectivity index (χ1v) is 5.29. The average molecular weight is 298 g/mol. The number of hydrogen-bond donors (Lipinski definition) is 1. The predicted molar refractivity (Wildman–Crippen MR) is 60.5 cm³/mol. The quantitative estimate of drug-likeness (QED) is 0.686. The van der Waals surface area contributed by atoms with E-state index in [0.29, 0.717) is 0 Å². The number of hydrogen-bond acceptors (Lipinski definition) is 3. The molecule has 20 heavy (non-hydrogen) atoms. The second-order valence-corrected chi connectivity index (χ2v) is 3.88. The van der Waals surface area contributed by atoms with Gasteiger partial charge in [0.15, 0.2) is 5.75 Å². The predicted octanol–water partition coefficient (Wildman–Crippen LogP) is 2.50. The fourth-order valence-corrected chi connectivity index (χ4v) is 1.41. The molecule has 0 aromatic heterocycles. The van der Waals surface area contributed by atoms with E-state index in [1.54, 1.807) is 0 Å². The summed E-state index contributed by atoms with van der Waals surface area (Å²) in [7, 11) is 1.14. The number of rotatable bonds is 4. The van der Waals surface area contributed by atoms with Crippen molar-refractivity contribution in [1.82, 2.24) is 4.90 Å². The Morgan fingerprint density at radius 2 is 2.00 bits per heavy atom. The zero-order chi connectivity index (χ0) is 15.5. The van der Waals surface area contributed by atoms with E-state index in [1.807, 2.05) is 0 Å². The van der Waals surface area contributed by atoms with Crippen LogP contribution in [0.3, 0.4) is 0 Å². The summed E-state index contributed by atoms with van der Waals surface area (Å²) in [6.07, 6.45) is -7.62. The zero-order valence-electron chi connectivity index (χ0n) is 10.2. The molecule has 0 atom stereocenters. The Hall–Kier alpha value is -2.06. The van der Waals surface area contributed by atoms with Crippen LogP contribution >= 0.6 is 0 Å². The van der Waals surface area contributed by atoms with Crippen molar-refractivity contribution in [2.75, 3.05) is 19.3 Å². The number of carbonyl (C=O) groups is 1. The molecule has 4 nitrogen and oxygen atoms in total. The first-order valence-electron chi connectivity index (χ1n) is 5.29. The van der Waals surface area contributed by atoms with Crippen LogP contribution in [0.25, 0.3) is 0 Å². The van der Waals surface area contributed by atoms with Gasteiger partial charge < -0.3 is 15.4 Å². The third kappa shape index (κ3) is 4.56. The van der Waals surface area contributed by atoms with E-state index < -0.39 is 36.7 Å². The van der Waals surface area contributed by atoms with Crippen molar-refractivity contribution in [2.45, 2.75) is 12.8 Å². The van der Waals surface area contributed by atoms with E-state index in [1.165, 1.54) is 0 Å². The van der Waals surface area contributed by atoms with Crippen LogP contribution in [0.1, 0.15) is 10.4 Å². The fraction of sp³-hybridized carbons (Fsp3) is 0.364. The molecule has 0 fully saturated rings. The number of anilines is 1. The van der Waals surface area contributed by atoms with Gasteiger partial charge in [0.25, 0.3) is 12.3 Å². The smallest absolute Gasteiger partial charge is 0.404 e. The normalized spacial score (nSPS) is 11.6. The van der Waals surface area contributed by atoms with E-state index in [2.05, 4.69) is 4.74 Å². The SMILES string of the molecule is CN(CC(F)F)C(=O)c1ccc(OC(F)(F)F)c(N)c1. The summed E-state index contributed by atoms with van der Waals surface area (Å²) < 4.78 is 63.9. The third-order valence-corrected chi connectivity index (χ3v) is 2.24. The molecule has 112 valence electrons. The molecule has 0 aliphatic carbocycles. The number of nitrogen functional groups attached to an aromatic ring is 1. The summed E-state index contributed by atoms with van der Waals surface area (Å²) >= 11 is 0. The van der Waals surface area contributed by atoms with Gasteiger partial charge in [-0.15, -0.1) is 13.2 Å². The van der Waals surface area contributed by atoms with Gasteiger partial charge in [0.05, 0.1) is 12.2 Å². The van der Waals surface area contributed by atoms with Gasteiger partial charge in [0, 0.05) is 12.6 Å². The summed E-state index contributed by atoms with van der Waals surface area (Å²) in [5, 5.41) is 0. The van der Waals surface area contributed by atoms with Crippen LogP contribution in [-0.4, -0.2) is 37.2 Å². The van der Waals surface area contributed by atoms with Crippen molar-refractivity contribution < 1.29 is 31.5 Å². The number of alkyl halides is 5. The van der Waals surface area contributed by atoms with Crippen LogP contribution in [0.15, 0.2) is 18.2 Å². The third-order valence-electron chi connectivity index (χ3n) is 2.24. The lowest BCUT2D eigenvalue weighted by Gasteiger charge is -2.17. The molecule has 1 rings (SSSR count). The van der Waals surface area contributed by atoms with Crippen molar-refractivity contribution in [2.24, 2.45) is 0 Å². The van der Waals surface area contributed by atoms with Crippen LogP contribution in [0.5, 0.6) is 5.75 Å². The van der Waals surface area contributed by atoms with Gasteiger partial charge in [-0.1, -0.05) is 0 Å². The molecule has 1 aromatic carbocycles. The maximum absolute atomic E-state index is 12.1. The minimum absolute atomic E-state index is 0.111. The van der Waals surface area contributed by atoms with Gasteiger partial charge >= 0.3 is 6.36 Å². The highest BCUT2D eigenvalue weighted by atomic mass is 19.4. The minimum Gasteiger partial charge on any atom is -0.404 e. The number of nitrogens with zero attached hydrogens (tertiary/aromatic N) is 1. The number of amides is 1. The number of halogens is 5. The maximum atomic E-state index is 12.1. The Balaban J connectivity index is 2.89. The molecular formula is C11H11F5N2O2. The zero-order valence-corrected chi connectivity index (χ0v) is 10.2. The van der Waals surface area contributed by atoms with Gasteiger partial charge in [-0.25, -0.2) is 8.78 Å². The second kappa shape index (κ2) is 5.93. The van der Waals surface area contributed by atoms with Crippen molar-refractivity contribution in [3.63, 3.8) is 0 Å². The molecule has 0 aliphatic heterocycles. The largest absolute Gasteiger partial charge is 0.573 e. The standard InChI is InChI=1S/C11H11F5N2O2/c1-18(5-9(12)13)10(19)6-2-3-8(7(17)4-6)20-11(14,15)16/h2-4,9H,5,17H2,1H3. The van der Waals surface area contributed by atoms with E-state index in [4.69, 9.17) is 5.73 Å². The van der Waals surface area contributed by atoms with Crippen LogP contribution in [0.4, 0.5) is 27.6 Å². The summed E-state index contributed by atoms with van der Waals surface area (Å²) in [6.45, 7) is -0.792. The molecule has 0 spiro atoms. The fourth-order valence-electron chi connectivity index (χ4n) is 1.41. The molecule has 1 amide bonds. The molecule has 9 heteroatoms. The van der Waals surface area contributed by atoms with E-state index in [9.17, 15) is 26.7 Å². The van der Waals surface area contributed by atoms with Gasteiger partial charge in [0.1, 0.15) is 0 Å². The summed E-state index contributed by atoms with van der Waals surface area (Å²) in [5.41, 5.74) is 4.79.